The molecule has 2 aromatic rings. The third-order valence-corrected chi connectivity index (χ3v) is 6.07. The summed E-state index contributed by atoms with van der Waals surface area (Å²) in [7, 11) is 0. The molecule has 0 radical (unpaired) electrons. The normalized spacial score (nSPS) is 18.2. The van der Waals surface area contributed by atoms with Crippen molar-refractivity contribution in [1.29, 1.82) is 0 Å². The summed E-state index contributed by atoms with van der Waals surface area (Å²) in [6.07, 6.45) is 0. The van der Waals surface area contributed by atoms with Crippen LogP contribution in [0.25, 0.3) is 5.57 Å². The van der Waals surface area contributed by atoms with Crippen molar-refractivity contribution >= 4 is 23.1 Å². The second-order valence-corrected chi connectivity index (χ2v) is 7.68. The summed E-state index contributed by atoms with van der Waals surface area (Å²) in [6.45, 7) is 10.4. The molecular weight excluding hydrogens is 362 g/mol. The minimum atomic E-state index is -0.233. The molecule has 5 heteroatoms. The lowest BCUT2D eigenvalue weighted by Gasteiger charge is -2.36. The molecule has 150 valence electrons. The largest absolute Gasteiger partial charge is 0.364 e. The van der Waals surface area contributed by atoms with Crippen LogP contribution in [0.15, 0.2) is 54.2 Å². The average Bonchev–Trinajstić information content (AvgIpc) is 3.01. The molecular formula is C24H27N3O2. The molecule has 5 nitrogen and oxygen atoms in total. The molecule has 2 aromatic carbocycles. The van der Waals surface area contributed by atoms with Crippen LogP contribution in [0.4, 0.5) is 5.69 Å². The lowest BCUT2D eigenvalue weighted by Crippen LogP contribution is -2.47. The highest BCUT2D eigenvalue weighted by atomic mass is 16.2. The molecule has 2 aliphatic rings. The standard InChI is InChI=1S/C24H27N3O2/c1-4-25-13-15-26(16-14-25)22-21(19-10-6-5-7-11-19)23(28)27(24(22)29)20-12-8-9-17(2)18(20)3/h5-12H,4,13-16H2,1-3H3. The van der Waals surface area contributed by atoms with Crippen LogP contribution in [0.3, 0.4) is 0 Å². The number of piperazine rings is 1. The molecule has 0 N–H and O–H groups in total. The zero-order valence-corrected chi connectivity index (χ0v) is 17.3. The third kappa shape index (κ3) is 3.36. The Morgan fingerprint density at radius 1 is 0.828 bits per heavy atom. The first-order valence-electron chi connectivity index (χ1n) is 10.2. The molecule has 29 heavy (non-hydrogen) atoms. The summed E-state index contributed by atoms with van der Waals surface area (Å²) in [4.78, 5) is 33.0. The summed E-state index contributed by atoms with van der Waals surface area (Å²) in [5, 5.41) is 0. The van der Waals surface area contributed by atoms with E-state index in [1.807, 2.05) is 62.4 Å². The Morgan fingerprint density at radius 2 is 1.52 bits per heavy atom. The molecule has 2 amide bonds. The van der Waals surface area contributed by atoms with E-state index in [4.69, 9.17) is 0 Å². The fourth-order valence-corrected chi connectivity index (χ4v) is 4.16. The van der Waals surface area contributed by atoms with Crippen molar-refractivity contribution in [3.63, 3.8) is 0 Å². The summed E-state index contributed by atoms with van der Waals surface area (Å²) >= 11 is 0. The van der Waals surface area contributed by atoms with Crippen LogP contribution in [0, 0.1) is 13.8 Å². The van der Waals surface area contributed by atoms with Gasteiger partial charge in [-0.05, 0) is 43.1 Å². The first-order valence-corrected chi connectivity index (χ1v) is 10.2. The Labute approximate surface area is 172 Å². The van der Waals surface area contributed by atoms with Gasteiger partial charge in [0, 0.05) is 26.2 Å². The van der Waals surface area contributed by atoms with Crippen molar-refractivity contribution in [1.82, 2.24) is 9.80 Å². The number of imide groups is 1. The molecule has 1 fully saturated rings. The Bertz CT molecular complexity index is 973. The van der Waals surface area contributed by atoms with Crippen LogP contribution in [0.1, 0.15) is 23.6 Å². The quantitative estimate of drug-likeness (QED) is 0.753. The van der Waals surface area contributed by atoms with E-state index in [1.165, 1.54) is 4.90 Å². The van der Waals surface area contributed by atoms with Crippen molar-refractivity contribution in [3.8, 4) is 0 Å². The van der Waals surface area contributed by atoms with Crippen LogP contribution >= 0.6 is 0 Å². The van der Waals surface area contributed by atoms with E-state index in [1.54, 1.807) is 0 Å². The van der Waals surface area contributed by atoms with Gasteiger partial charge in [0.25, 0.3) is 11.8 Å². The molecule has 4 rings (SSSR count). The van der Waals surface area contributed by atoms with Gasteiger partial charge in [-0.1, -0.05) is 49.4 Å². The van der Waals surface area contributed by atoms with Gasteiger partial charge >= 0.3 is 0 Å². The van der Waals surface area contributed by atoms with E-state index >= 15 is 0 Å². The molecule has 0 aliphatic carbocycles. The number of anilines is 1. The zero-order chi connectivity index (χ0) is 20.5. The Morgan fingerprint density at radius 3 is 2.17 bits per heavy atom. The molecule has 2 aliphatic heterocycles. The number of nitrogens with zero attached hydrogens (tertiary/aromatic N) is 3. The topological polar surface area (TPSA) is 43.9 Å². The van der Waals surface area contributed by atoms with Gasteiger partial charge in [0.1, 0.15) is 5.70 Å². The third-order valence-electron chi connectivity index (χ3n) is 6.07. The Kier molecular flexibility index (Phi) is 5.24. The summed E-state index contributed by atoms with van der Waals surface area (Å²) in [5.41, 5.74) is 4.55. The molecule has 0 unspecified atom stereocenters. The van der Waals surface area contributed by atoms with E-state index in [-0.39, 0.29) is 11.8 Å². The van der Waals surface area contributed by atoms with Crippen LogP contribution in [0.2, 0.25) is 0 Å². The highest BCUT2D eigenvalue weighted by Crippen LogP contribution is 2.36. The highest BCUT2D eigenvalue weighted by molar-refractivity contribution is 6.45. The van der Waals surface area contributed by atoms with E-state index in [0.717, 1.165) is 49.4 Å². The van der Waals surface area contributed by atoms with Crippen LogP contribution < -0.4 is 4.90 Å². The van der Waals surface area contributed by atoms with Crippen molar-refractivity contribution in [2.45, 2.75) is 20.8 Å². The van der Waals surface area contributed by atoms with Gasteiger partial charge in [0.15, 0.2) is 0 Å². The summed E-state index contributed by atoms with van der Waals surface area (Å²) in [5.74, 6) is -0.449. The number of aryl methyl sites for hydroxylation is 1. The van der Waals surface area contributed by atoms with Crippen molar-refractivity contribution in [2.75, 3.05) is 37.6 Å². The first kappa shape index (κ1) is 19.4. The molecule has 1 saturated heterocycles. The number of carbonyl (C=O) groups excluding carboxylic acids is 2. The minimum absolute atomic E-state index is 0.215. The van der Waals surface area contributed by atoms with Crippen molar-refractivity contribution < 1.29 is 9.59 Å². The van der Waals surface area contributed by atoms with Gasteiger partial charge in [-0.25, -0.2) is 4.90 Å². The zero-order valence-electron chi connectivity index (χ0n) is 17.3. The van der Waals surface area contributed by atoms with Crippen LogP contribution in [-0.2, 0) is 9.59 Å². The van der Waals surface area contributed by atoms with E-state index in [2.05, 4.69) is 16.7 Å². The number of benzene rings is 2. The van der Waals surface area contributed by atoms with Gasteiger partial charge in [-0.2, -0.15) is 0 Å². The number of rotatable bonds is 4. The Hall–Kier alpha value is -2.92. The second-order valence-electron chi connectivity index (χ2n) is 7.68. The average molecular weight is 389 g/mol. The van der Waals surface area contributed by atoms with Crippen molar-refractivity contribution in [3.05, 3.63) is 70.9 Å². The molecule has 0 saturated carbocycles. The monoisotopic (exact) mass is 389 g/mol. The number of likely N-dealkylation sites (N-methyl/N-ethyl adjacent to an activating group) is 1. The lowest BCUT2D eigenvalue weighted by molar-refractivity contribution is -0.120. The smallest absolute Gasteiger partial charge is 0.282 e. The second kappa shape index (κ2) is 7.84. The van der Waals surface area contributed by atoms with E-state index in [0.29, 0.717) is 17.0 Å². The molecule has 2 heterocycles. The number of hydrogen-bond donors (Lipinski definition) is 0. The molecule has 0 atom stereocenters. The van der Waals surface area contributed by atoms with E-state index < -0.39 is 0 Å². The van der Waals surface area contributed by atoms with Crippen LogP contribution in [0.5, 0.6) is 0 Å². The predicted octanol–water partition coefficient (Wildman–Crippen LogP) is 3.23. The fraction of sp³-hybridized carbons (Fsp3) is 0.333. The number of amides is 2. The minimum Gasteiger partial charge on any atom is -0.364 e. The van der Waals surface area contributed by atoms with Gasteiger partial charge in [0.05, 0.1) is 11.3 Å². The van der Waals surface area contributed by atoms with Crippen LogP contribution in [-0.4, -0.2) is 54.3 Å². The van der Waals surface area contributed by atoms with Gasteiger partial charge in [-0.3, -0.25) is 9.59 Å². The molecule has 0 bridgehead atoms. The SMILES string of the molecule is CCN1CCN(C2=C(c3ccccc3)C(=O)N(c3cccc(C)c3C)C2=O)CC1. The lowest BCUT2D eigenvalue weighted by atomic mass is 10.0. The fourth-order valence-electron chi connectivity index (χ4n) is 4.16. The maximum absolute atomic E-state index is 13.6. The van der Waals surface area contributed by atoms with Gasteiger partial charge in [0.2, 0.25) is 0 Å². The maximum atomic E-state index is 13.6. The number of hydrogen-bond acceptors (Lipinski definition) is 4. The summed E-state index contributed by atoms with van der Waals surface area (Å²) < 4.78 is 0. The first-order chi connectivity index (χ1) is 14.0. The highest BCUT2D eigenvalue weighted by Gasteiger charge is 2.43. The predicted molar refractivity (Wildman–Crippen MR) is 115 cm³/mol. The maximum Gasteiger partial charge on any atom is 0.282 e. The molecule has 0 aromatic heterocycles. The summed E-state index contributed by atoms with van der Waals surface area (Å²) in [6, 6.07) is 15.3. The van der Waals surface area contributed by atoms with Gasteiger partial charge in [-0.15, -0.1) is 0 Å². The number of carbonyl (C=O) groups is 2. The van der Waals surface area contributed by atoms with E-state index in [9.17, 15) is 9.59 Å². The molecule has 0 spiro atoms. The van der Waals surface area contributed by atoms with Gasteiger partial charge < -0.3 is 9.80 Å². The van der Waals surface area contributed by atoms with Crippen molar-refractivity contribution in [2.24, 2.45) is 0 Å². The Balaban J connectivity index is 1.80.